The number of hydrogen-bond acceptors (Lipinski definition) is 5. The number of amides is 2. The van der Waals surface area contributed by atoms with Gasteiger partial charge in [-0.1, -0.05) is 32.0 Å². The Morgan fingerprint density at radius 2 is 1.64 bits per heavy atom. The largest absolute Gasteiger partial charge is 0.497 e. The Kier molecular flexibility index (Phi) is 12.4. The van der Waals surface area contributed by atoms with E-state index in [1.165, 1.54) is 12.1 Å². The molecule has 0 saturated heterocycles. The summed E-state index contributed by atoms with van der Waals surface area (Å²) in [6.45, 7) is 7.60. The van der Waals surface area contributed by atoms with Crippen LogP contribution in [-0.4, -0.2) is 60.7 Å². The number of aliphatic hydroxyl groups is 1. The number of nitrogens with zero attached hydrogens (tertiary/aromatic N) is 1. The highest BCUT2D eigenvalue weighted by atomic mass is 19.1. The van der Waals surface area contributed by atoms with Crippen molar-refractivity contribution in [3.05, 3.63) is 100 Å². The van der Waals surface area contributed by atoms with Gasteiger partial charge < -0.3 is 25.4 Å². The number of ether oxygens (including phenoxy) is 1. The van der Waals surface area contributed by atoms with E-state index in [9.17, 15) is 23.5 Å². The molecule has 0 aliphatic heterocycles. The van der Waals surface area contributed by atoms with Gasteiger partial charge in [-0.25, -0.2) is 8.78 Å². The number of methoxy groups -OCH3 is 1. The fourth-order valence-corrected chi connectivity index (χ4v) is 4.83. The molecule has 0 spiro atoms. The van der Waals surface area contributed by atoms with Crippen molar-refractivity contribution in [2.24, 2.45) is 0 Å². The van der Waals surface area contributed by atoms with E-state index in [4.69, 9.17) is 4.74 Å². The lowest BCUT2D eigenvalue weighted by molar-refractivity contribution is 0.0754. The lowest BCUT2D eigenvalue weighted by atomic mass is 9.99. The first kappa shape index (κ1) is 32.7. The summed E-state index contributed by atoms with van der Waals surface area (Å²) in [4.78, 5) is 28.5. The van der Waals surface area contributed by atoms with Gasteiger partial charge in [0.1, 0.15) is 17.4 Å². The number of rotatable bonds is 15. The predicted octanol–water partition coefficient (Wildman–Crippen LogP) is 5.04. The second kappa shape index (κ2) is 16.0. The Hall–Kier alpha value is -3.82. The zero-order valence-corrected chi connectivity index (χ0v) is 24.8. The molecule has 3 rings (SSSR count). The van der Waals surface area contributed by atoms with Crippen LogP contribution < -0.4 is 15.4 Å². The zero-order chi connectivity index (χ0) is 30.6. The van der Waals surface area contributed by atoms with E-state index >= 15 is 0 Å². The van der Waals surface area contributed by atoms with Crippen LogP contribution in [0.1, 0.15) is 64.1 Å². The number of aryl methyl sites for hydroxylation is 1. The normalized spacial score (nSPS) is 12.5. The molecule has 0 saturated carbocycles. The van der Waals surface area contributed by atoms with Crippen LogP contribution in [0.15, 0.2) is 60.7 Å². The van der Waals surface area contributed by atoms with Gasteiger partial charge in [0.25, 0.3) is 11.8 Å². The van der Waals surface area contributed by atoms with Gasteiger partial charge in [-0.05, 0) is 79.3 Å². The molecule has 0 unspecified atom stereocenters. The Labute approximate surface area is 246 Å². The average Bonchev–Trinajstić information content (AvgIpc) is 2.96. The first-order chi connectivity index (χ1) is 20.1. The molecule has 0 bridgehead atoms. The van der Waals surface area contributed by atoms with Crippen molar-refractivity contribution in [1.29, 1.82) is 0 Å². The second-order valence-electron chi connectivity index (χ2n) is 10.4. The van der Waals surface area contributed by atoms with Crippen molar-refractivity contribution >= 4 is 11.8 Å². The third kappa shape index (κ3) is 9.36. The minimum atomic E-state index is -1.10. The van der Waals surface area contributed by atoms with Gasteiger partial charge in [0.2, 0.25) is 0 Å². The molecule has 2 amide bonds. The maximum atomic E-state index is 13.9. The summed E-state index contributed by atoms with van der Waals surface area (Å²) in [5.74, 6) is -1.43. The summed E-state index contributed by atoms with van der Waals surface area (Å²) in [6, 6.07) is 14.6. The van der Waals surface area contributed by atoms with Crippen molar-refractivity contribution in [3.8, 4) is 5.75 Å². The number of benzene rings is 3. The SMILES string of the molecule is CCCN(CCC)C(=O)c1cc(C(=O)N[C@@H](Cc2cc(F)cc(F)c2)[C@H](O)CNCc2cccc(OC)c2)ccc1C. The molecule has 0 heterocycles. The van der Waals surface area contributed by atoms with Crippen LogP contribution in [0.2, 0.25) is 0 Å². The van der Waals surface area contributed by atoms with Gasteiger partial charge in [-0.3, -0.25) is 9.59 Å². The summed E-state index contributed by atoms with van der Waals surface area (Å²) < 4.78 is 33.1. The smallest absolute Gasteiger partial charge is 0.254 e. The molecule has 0 aliphatic carbocycles. The van der Waals surface area contributed by atoms with Crippen molar-refractivity contribution in [3.63, 3.8) is 0 Å². The molecule has 3 N–H and O–H groups in total. The van der Waals surface area contributed by atoms with E-state index in [1.807, 2.05) is 45.0 Å². The molecule has 0 aromatic heterocycles. The molecule has 9 heteroatoms. The van der Waals surface area contributed by atoms with Crippen LogP contribution in [0.4, 0.5) is 8.78 Å². The molecule has 0 fully saturated rings. The van der Waals surface area contributed by atoms with Crippen molar-refractivity contribution in [1.82, 2.24) is 15.5 Å². The first-order valence-electron chi connectivity index (χ1n) is 14.3. The van der Waals surface area contributed by atoms with Gasteiger partial charge >= 0.3 is 0 Å². The minimum absolute atomic E-state index is 0.0130. The highest BCUT2D eigenvalue weighted by molar-refractivity contribution is 6.00. The minimum Gasteiger partial charge on any atom is -0.497 e. The summed E-state index contributed by atoms with van der Waals surface area (Å²) >= 11 is 0. The van der Waals surface area contributed by atoms with Crippen LogP contribution in [0.25, 0.3) is 0 Å². The quantitative estimate of drug-likeness (QED) is 0.234. The van der Waals surface area contributed by atoms with Gasteiger partial charge in [0.15, 0.2) is 0 Å². The van der Waals surface area contributed by atoms with Crippen LogP contribution >= 0.6 is 0 Å². The predicted molar refractivity (Wildman–Crippen MR) is 160 cm³/mol. The van der Waals surface area contributed by atoms with Gasteiger partial charge in [-0.2, -0.15) is 0 Å². The summed E-state index contributed by atoms with van der Waals surface area (Å²) in [5, 5.41) is 17.1. The number of nitrogens with one attached hydrogen (secondary N) is 2. The molecular formula is C33H41F2N3O4. The monoisotopic (exact) mass is 581 g/mol. The second-order valence-corrected chi connectivity index (χ2v) is 10.4. The van der Waals surface area contributed by atoms with E-state index in [-0.39, 0.29) is 24.4 Å². The van der Waals surface area contributed by atoms with Gasteiger partial charge in [-0.15, -0.1) is 0 Å². The summed E-state index contributed by atoms with van der Waals surface area (Å²) in [5.41, 5.74) is 2.67. The van der Waals surface area contributed by atoms with Crippen LogP contribution in [-0.2, 0) is 13.0 Å². The highest BCUT2D eigenvalue weighted by Crippen LogP contribution is 2.17. The van der Waals surface area contributed by atoms with E-state index in [2.05, 4.69) is 10.6 Å². The van der Waals surface area contributed by atoms with Crippen molar-refractivity contribution in [2.75, 3.05) is 26.7 Å². The van der Waals surface area contributed by atoms with Gasteiger partial charge in [0, 0.05) is 43.4 Å². The molecule has 0 aliphatic rings. The van der Waals surface area contributed by atoms with Crippen LogP contribution in [0, 0.1) is 18.6 Å². The molecule has 3 aromatic rings. The van der Waals surface area contributed by atoms with Crippen LogP contribution in [0.5, 0.6) is 5.75 Å². The number of aliphatic hydroxyl groups excluding tert-OH is 1. The van der Waals surface area contributed by atoms with Gasteiger partial charge in [0.05, 0.1) is 19.3 Å². The van der Waals surface area contributed by atoms with Crippen molar-refractivity contribution < 1.29 is 28.2 Å². The third-order valence-corrected chi connectivity index (χ3v) is 6.98. The van der Waals surface area contributed by atoms with E-state index in [0.717, 1.165) is 30.0 Å². The maximum absolute atomic E-state index is 13.9. The van der Waals surface area contributed by atoms with E-state index < -0.39 is 29.7 Å². The topological polar surface area (TPSA) is 90.9 Å². The first-order valence-corrected chi connectivity index (χ1v) is 14.3. The van der Waals surface area contributed by atoms with E-state index in [1.54, 1.807) is 30.2 Å². The lowest BCUT2D eigenvalue weighted by Crippen LogP contribution is -2.48. The Morgan fingerprint density at radius 1 is 0.952 bits per heavy atom. The molecular weight excluding hydrogens is 540 g/mol. The van der Waals surface area contributed by atoms with E-state index in [0.29, 0.717) is 36.5 Å². The fraction of sp³-hybridized carbons (Fsp3) is 0.394. The van der Waals surface area contributed by atoms with Crippen molar-refractivity contribution in [2.45, 2.75) is 58.7 Å². The number of carbonyl (C=O) groups is 2. The van der Waals surface area contributed by atoms with Crippen LogP contribution in [0.3, 0.4) is 0 Å². The maximum Gasteiger partial charge on any atom is 0.254 e. The number of hydrogen-bond donors (Lipinski definition) is 3. The molecule has 0 radical (unpaired) electrons. The third-order valence-electron chi connectivity index (χ3n) is 6.98. The summed E-state index contributed by atoms with van der Waals surface area (Å²) in [6.07, 6.45) is 0.525. The Bertz CT molecular complexity index is 1320. The lowest BCUT2D eigenvalue weighted by Gasteiger charge is -2.26. The molecule has 226 valence electrons. The average molecular weight is 582 g/mol. The molecule has 2 atom stereocenters. The fourth-order valence-electron chi connectivity index (χ4n) is 4.83. The Balaban J connectivity index is 1.80. The highest BCUT2D eigenvalue weighted by Gasteiger charge is 2.24. The summed E-state index contributed by atoms with van der Waals surface area (Å²) in [7, 11) is 1.58. The zero-order valence-electron chi connectivity index (χ0n) is 24.8. The standard InChI is InChI=1S/C33H41F2N3O4/c1-5-12-38(13-6-2)33(41)29-18-25(11-10-22(29)3)32(40)37-30(17-24-14-26(34)19-27(35)15-24)31(39)21-36-20-23-8-7-9-28(16-23)42-4/h7-11,14-16,18-19,30-31,36,39H,5-6,12-13,17,20-21H2,1-4H3,(H,37,40)/t30-,31+/m0/s1. The number of halogens is 2. The molecule has 42 heavy (non-hydrogen) atoms. The number of carbonyl (C=O) groups excluding carboxylic acids is 2. The molecule has 3 aromatic carbocycles. The molecule has 7 nitrogen and oxygen atoms in total. The Morgan fingerprint density at radius 3 is 2.29 bits per heavy atom.